The van der Waals surface area contributed by atoms with E-state index in [9.17, 15) is 25.9 Å². The summed E-state index contributed by atoms with van der Waals surface area (Å²) in [5.41, 5.74) is 2.05. The average molecular weight is 410 g/mol. The van der Waals surface area contributed by atoms with Gasteiger partial charge in [0.1, 0.15) is 0 Å². The van der Waals surface area contributed by atoms with Gasteiger partial charge in [0.25, 0.3) is 20.2 Å². The van der Waals surface area contributed by atoms with Crippen molar-refractivity contribution in [3.8, 4) is 11.3 Å². The number of hydrogen-bond acceptors (Lipinski definition) is 6. The van der Waals surface area contributed by atoms with E-state index < -0.39 is 20.2 Å². The Hall–Kier alpha value is -2.31. The van der Waals surface area contributed by atoms with E-state index in [4.69, 9.17) is 0 Å². The molecule has 0 spiro atoms. The van der Waals surface area contributed by atoms with E-state index in [2.05, 4.69) is 4.98 Å². The fourth-order valence-corrected chi connectivity index (χ4v) is 4.62. The van der Waals surface area contributed by atoms with Crippen LogP contribution in [-0.4, -0.2) is 35.3 Å². The molecular weight excluding hydrogens is 400 g/mol. The Labute approximate surface area is 151 Å². The SMILES string of the molecule is O=S(=O)(O)c1cccc(-c2csc3nc4ccc(S(=O)(=O)O)cc4n23)c1. The highest BCUT2D eigenvalue weighted by Crippen LogP contribution is 2.32. The van der Waals surface area contributed by atoms with Gasteiger partial charge in [0.15, 0.2) is 4.96 Å². The highest BCUT2D eigenvalue weighted by Gasteiger charge is 2.17. The first-order valence-corrected chi connectivity index (χ1v) is 10.9. The number of hydrogen-bond donors (Lipinski definition) is 2. The first kappa shape index (κ1) is 17.1. The molecule has 0 saturated carbocycles. The molecule has 0 aliphatic carbocycles. The van der Waals surface area contributed by atoms with E-state index >= 15 is 0 Å². The lowest BCUT2D eigenvalue weighted by Gasteiger charge is -2.04. The highest BCUT2D eigenvalue weighted by atomic mass is 32.2. The Morgan fingerprint density at radius 2 is 1.62 bits per heavy atom. The van der Waals surface area contributed by atoms with Gasteiger partial charge in [0.05, 0.1) is 26.5 Å². The van der Waals surface area contributed by atoms with Gasteiger partial charge in [0, 0.05) is 10.9 Å². The lowest BCUT2D eigenvalue weighted by atomic mass is 10.2. The molecular formula is C15H10N2O6S3. The molecule has 0 saturated heterocycles. The highest BCUT2D eigenvalue weighted by molar-refractivity contribution is 7.86. The van der Waals surface area contributed by atoms with Crippen LogP contribution in [0.1, 0.15) is 0 Å². The van der Waals surface area contributed by atoms with Gasteiger partial charge in [-0.15, -0.1) is 11.3 Å². The zero-order chi connectivity index (χ0) is 18.7. The predicted molar refractivity (Wildman–Crippen MR) is 95.6 cm³/mol. The van der Waals surface area contributed by atoms with Gasteiger partial charge in [-0.05, 0) is 30.3 Å². The summed E-state index contributed by atoms with van der Waals surface area (Å²) in [6.07, 6.45) is 0. The van der Waals surface area contributed by atoms with Crippen LogP contribution in [0.5, 0.6) is 0 Å². The van der Waals surface area contributed by atoms with Crippen molar-refractivity contribution in [1.29, 1.82) is 0 Å². The van der Waals surface area contributed by atoms with Crippen molar-refractivity contribution in [3.05, 3.63) is 47.8 Å². The van der Waals surface area contributed by atoms with E-state index in [1.807, 2.05) is 0 Å². The van der Waals surface area contributed by atoms with Gasteiger partial charge in [-0.3, -0.25) is 13.5 Å². The van der Waals surface area contributed by atoms with Crippen molar-refractivity contribution >= 4 is 47.6 Å². The Morgan fingerprint density at radius 1 is 0.923 bits per heavy atom. The second kappa shape index (κ2) is 5.59. The largest absolute Gasteiger partial charge is 0.294 e. The third-order valence-electron chi connectivity index (χ3n) is 3.84. The Kier molecular flexibility index (Phi) is 3.68. The molecule has 8 nitrogen and oxygen atoms in total. The second-order valence-electron chi connectivity index (χ2n) is 5.48. The molecule has 0 amide bonds. The van der Waals surface area contributed by atoms with Crippen LogP contribution in [0.25, 0.3) is 27.3 Å². The fourth-order valence-electron chi connectivity index (χ4n) is 2.68. The average Bonchev–Trinajstić information content (AvgIpc) is 3.11. The molecule has 0 fully saturated rings. The summed E-state index contributed by atoms with van der Waals surface area (Å²) in [5.74, 6) is 0. The molecule has 0 unspecified atom stereocenters. The number of thiazole rings is 1. The molecule has 0 aliphatic heterocycles. The third-order valence-corrected chi connectivity index (χ3v) is 6.36. The van der Waals surface area contributed by atoms with Crippen molar-refractivity contribution in [2.45, 2.75) is 9.79 Å². The van der Waals surface area contributed by atoms with Crippen LogP contribution in [0.15, 0.2) is 57.6 Å². The first-order chi connectivity index (χ1) is 12.1. The molecule has 0 bridgehead atoms. The van der Waals surface area contributed by atoms with Gasteiger partial charge in [-0.1, -0.05) is 12.1 Å². The van der Waals surface area contributed by atoms with Crippen LogP contribution >= 0.6 is 11.3 Å². The Morgan fingerprint density at radius 3 is 2.31 bits per heavy atom. The normalized spacial score (nSPS) is 12.8. The third kappa shape index (κ3) is 2.79. The molecule has 134 valence electrons. The quantitative estimate of drug-likeness (QED) is 0.497. The van der Waals surface area contributed by atoms with E-state index in [0.717, 1.165) is 0 Å². The molecule has 2 heterocycles. The van der Waals surface area contributed by atoms with E-state index in [-0.39, 0.29) is 9.79 Å². The molecule has 0 radical (unpaired) electrons. The van der Waals surface area contributed by atoms with E-state index in [1.165, 1.54) is 47.7 Å². The van der Waals surface area contributed by atoms with Gasteiger partial charge >= 0.3 is 0 Å². The topological polar surface area (TPSA) is 126 Å². The summed E-state index contributed by atoms with van der Waals surface area (Å²) in [4.78, 5) is 4.44. The van der Waals surface area contributed by atoms with Crippen LogP contribution < -0.4 is 0 Å². The summed E-state index contributed by atoms with van der Waals surface area (Å²) in [6.45, 7) is 0. The fraction of sp³-hybridized carbons (Fsp3) is 0. The van der Waals surface area contributed by atoms with Crippen molar-refractivity contribution in [2.24, 2.45) is 0 Å². The molecule has 2 N–H and O–H groups in total. The lowest BCUT2D eigenvalue weighted by Crippen LogP contribution is -1.99. The maximum Gasteiger partial charge on any atom is 0.294 e. The molecule has 4 rings (SSSR count). The monoisotopic (exact) mass is 410 g/mol. The van der Waals surface area contributed by atoms with E-state index in [1.54, 1.807) is 15.8 Å². The summed E-state index contributed by atoms with van der Waals surface area (Å²) >= 11 is 1.29. The number of fused-ring (bicyclic) bond motifs is 3. The summed E-state index contributed by atoms with van der Waals surface area (Å²) in [6, 6.07) is 9.77. The smallest absolute Gasteiger partial charge is 0.283 e. The number of benzene rings is 2. The van der Waals surface area contributed by atoms with Crippen molar-refractivity contribution in [3.63, 3.8) is 0 Å². The number of imidazole rings is 1. The molecule has 4 aromatic rings. The van der Waals surface area contributed by atoms with Crippen LogP contribution in [-0.2, 0) is 20.2 Å². The molecule has 26 heavy (non-hydrogen) atoms. The number of aromatic nitrogens is 2. The summed E-state index contributed by atoms with van der Waals surface area (Å²) in [7, 11) is -8.74. The van der Waals surface area contributed by atoms with E-state index in [0.29, 0.717) is 27.3 Å². The van der Waals surface area contributed by atoms with Crippen LogP contribution in [0, 0.1) is 0 Å². The number of nitrogens with zero attached hydrogens (tertiary/aromatic N) is 2. The Balaban J connectivity index is 2.03. The predicted octanol–water partition coefficient (Wildman–Crippen LogP) is 2.71. The lowest BCUT2D eigenvalue weighted by molar-refractivity contribution is 0.481. The zero-order valence-electron chi connectivity index (χ0n) is 12.8. The first-order valence-electron chi connectivity index (χ1n) is 7.10. The van der Waals surface area contributed by atoms with Gasteiger partial charge in [-0.25, -0.2) is 4.98 Å². The molecule has 0 atom stereocenters. The summed E-state index contributed by atoms with van der Waals surface area (Å²) < 4.78 is 65.8. The van der Waals surface area contributed by atoms with Gasteiger partial charge < -0.3 is 0 Å². The number of rotatable bonds is 3. The van der Waals surface area contributed by atoms with Crippen LogP contribution in [0.3, 0.4) is 0 Å². The van der Waals surface area contributed by atoms with Gasteiger partial charge in [-0.2, -0.15) is 16.8 Å². The van der Waals surface area contributed by atoms with Crippen molar-refractivity contribution in [1.82, 2.24) is 9.38 Å². The minimum absolute atomic E-state index is 0.252. The molecule has 2 aromatic heterocycles. The maximum absolute atomic E-state index is 11.4. The van der Waals surface area contributed by atoms with Crippen molar-refractivity contribution in [2.75, 3.05) is 0 Å². The maximum atomic E-state index is 11.4. The second-order valence-corrected chi connectivity index (χ2v) is 9.16. The van der Waals surface area contributed by atoms with Crippen LogP contribution in [0.4, 0.5) is 0 Å². The Bertz CT molecular complexity index is 1380. The standard InChI is InChI=1S/C15H10N2O6S3/c18-25(19,20)10-3-1-2-9(6-10)14-8-24-15-16-12-5-4-11(26(21,22)23)7-13(12)17(14)15/h1-8H,(H,18,19,20)(H,21,22,23). The van der Waals surface area contributed by atoms with Crippen LogP contribution in [0.2, 0.25) is 0 Å². The van der Waals surface area contributed by atoms with Gasteiger partial charge in [0.2, 0.25) is 0 Å². The molecule has 11 heteroatoms. The minimum atomic E-state index is -4.38. The molecule has 2 aromatic carbocycles. The summed E-state index contributed by atoms with van der Waals surface area (Å²) in [5, 5.41) is 1.74. The zero-order valence-corrected chi connectivity index (χ0v) is 15.2. The minimum Gasteiger partial charge on any atom is -0.283 e. The van der Waals surface area contributed by atoms with Crippen molar-refractivity contribution < 1.29 is 25.9 Å². The molecule has 0 aliphatic rings.